The predicted octanol–water partition coefficient (Wildman–Crippen LogP) is 9.22. The SMILES string of the molecule is C(#Cc1ccc(-c2cc(C#Cc3ccccc3)cc(-c3ccc(C#Cc4ccccc4)cc3)c2)cc1)c1ccccc1. The summed E-state index contributed by atoms with van der Waals surface area (Å²) in [7, 11) is 0. The molecule has 0 atom stereocenters. The molecule has 6 rings (SSSR count). The fourth-order valence-electron chi connectivity index (χ4n) is 4.52. The molecule has 0 saturated carbocycles. The fourth-order valence-corrected chi connectivity index (χ4v) is 4.52. The third-order valence-corrected chi connectivity index (χ3v) is 6.74. The van der Waals surface area contributed by atoms with Crippen molar-refractivity contribution in [2.24, 2.45) is 0 Å². The molecule has 0 radical (unpaired) electrons. The van der Waals surface area contributed by atoms with E-state index in [1.807, 2.05) is 91.0 Å². The van der Waals surface area contributed by atoms with E-state index in [1.54, 1.807) is 0 Å². The summed E-state index contributed by atoms with van der Waals surface area (Å²) in [4.78, 5) is 0. The first-order valence-corrected chi connectivity index (χ1v) is 13.9. The van der Waals surface area contributed by atoms with Crippen LogP contribution in [0, 0.1) is 35.5 Å². The summed E-state index contributed by atoms with van der Waals surface area (Å²) in [5, 5.41) is 0. The third kappa shape index (κ3) is 6.95. The van der Waals surface area contributed by atoms with Crippen molar-refractivity contribution in [2.75, 3.05) is 0 Å². The maximum Gasteiger partial charge on any atom is 0.0261 e. The quantitative estimate of drug-likeness (QED) is 0.196. The van der Waals surface area contributed by atoms with Crippen LogP contribution in [-0.4, -0.2) is 0 Å². The highest BCUT2D eigenvalue weighted by Gasteiger charge is 2.06. The number of benzene rings is 6. The van der Waals surface area contributed by atoms with Crippen molar-refractivity contribution in [3.05, 3.63) is 191 Å². The van der Waals surface area contributed by atoms with Crippen LogP contribution in [0.4, 0.5) is 0 Å². The summed E-state index contributed by atoms with van der Waals surface area (Å²) >= 11 is 0. The molecule has 0 aromatic heterocycles. The maximum atomic E-state index is 3.39. The minimum Gasteiger partial charge on any atom is -0.0622 e. The summed E-state index contributed by atoms with van der Waals surface area (Å²) in [5.41, 5.74) is 10.4. The molecule has 0 heterocycles. The molecule has 0 saturated heterocycles. The molecule has 0 fully saturated rings. The van der Waals surface area contributed by atoms with E-state index in [0.717, 1.165) is 55.6 Å². The van der Waals surface area contributed by atoms with E-state index >= 15 is 0 Å². The van der Waals surface area contributed by atoms with E-state index in [-0.39, 0.29) is 0 Å². The lowest BCUT2D eigenvalue weighted by Gasteiger charge is -2.09. The van der Waals surface area contributed by atoms with E-state index in [9.17, 15) is 0 Å². The highest BCUT2D eigenvalue weighted by Crippen LogP contribution is 2.29. The van der Waals surface area contributed by atoms with Crippen LogP contribution in [0.3, 0.4) is 0 Å². The molecule has 6 aromatic rings. The van der Waals surface area contributed by atoms with Crippen LogP contribution < -0.4 is 0 Å². The summed E-state index contributed by atoms with van der Waals surface area (Å²) in [6.45, 7) is 0. The lowest BCUT2D eigenvalue weighted by atomic mass is 9.95. The molecular weight excluding hydrogens is 504 g/mol. The van der Waals surface area contributed by atoms with Gasteiger partial charge in [0.15, 0.2) is 0 Å². The lowest BCUT2D eigenvalue weighted by Crippen LogP contribution is -1.87. The molecule has 0 spiro atoms. The van der Waals surface area contributed by atoms with Gasteiger partial charge < -0.3 is 0 Å². The smallest absolute Gasteiger partial charge is 0.0261 e. The van der Waals surface area contributed by atoms with E-state index in [4.69, 9.17) is 0 Å². The zero-order chi connectivity index (χ0) is 28.4. The van der Waals surface area contributed by atoms with Gasteiger partial charge in [0.05, 0.1) is 0 Å². The minimum atomic E-state index is 0.965. The number of hydrogen-bond donors (Lipinski definition) is 0. The van der Waals surface area contributed by atoms with Crippen LogP contribution in [0.25, 0.3) is 22.3 Å². The number of rotatable bonds is 2. The normalized spacial score (nSPS) is 9.81. The van der Waals surface area contributed by atoms with Gasteiger partial charge in [0, 0.05) is 33.4 Å². The average Bonchev–Trinajstić information content (AvgIpc) is 3.07. The van der Waals surface area contributed by atoms with Crippen LogP contribution >= 0.6 is 0 Å². The van der Waals surface area contributed by atoms with Crippen molar-refractivity contribution in [3.63, 3.8) is 0 Å². The molecule has 0 nitrogen and oxygen atoms in total. The fraction of sp³-hybridized carbons (Fsp3) is 0. The van der Waals surface area contributed by atoms with Gasteiger partial charge in [-0.05, 0) is 101 Å². The molecule has 6 aromatic carbocycles. The molecule has 0 aliphatic rings. The first-order valence-electron chi connectivity index (χ1n) is 13.9. The van der Waals surface area contributed by atoms with Gasteiger partial charge in [-0.1, -0.05) is 114 Å². The predicted molar refractivity (Wildman–Crippen MR) is 175 cm³/mol. The lowest BCUT2D eigenvalue weighted by molar-refractivity contribution is 1.54. The Balaban J connectivity index is 1.32. The van der Waals surface area contributed by atoms with Crippen molar-refractivity contribution in [3.8, 4) is 57.8 Å². The summed E-state index contributed by atoms with van der Waals surface area (Å²) < 4.78 is 0. The molecular formula is C42H26. The first kappa shape index (κ1) is 26.2. The Kier molecular flexibility index (Phi) is 8.06. The van der Waals surface area contributed by atoms with Gasteiger partial charge in [0.1, 0.15) is 0 Å². The molecule has 194 valence electrons. The molecule has 0 N–H and O–H groups in total. The second kappa shape index (κ2) is 12.9. The standard InChI is InChI=1S/C42H26/c1-4-10-33(11-5-1)16-18-36-22-26-39(27-23-36)41-30-38(21-20-35-14-8-3-9-15-35)31-42(32-41)40-28-24-37(25-29-40)19-17-34-12-6-2-7-13-34/h1-15,22-32H. The average molecular weight is 531 g/mol. The third-order valence-electron chi connectivity index (χ3n) is 6.74. The van der Waals surface area contributed by atoms with E-state index in [0.29, 0.717) is 0 Å². The van der Waals surface area contributed by atoms with Gasteiger partial charge in [-0.25, -0.2) is 0 Å². The Morgan fingerprint density at radius 3 is 0.833 bits per heavy atom. The Bertz CT molecular complexity index is 1860. The van der Waals surface area contributed by atoms with Crippen LogP contribution in [0.2, 0.25) is 0 Å². The largest absolute Gasteiger partial charge is 0.0622 e. The van der Waals surface area contributed by atoms with Crippen molar-refractivity contribution in [1.82, 2.24) is 0 Å². The molecule has 0 unspecified atom stereocenters. The van der Waals surface area contributed by atoms with Gasteiger partial charge in [-0.3, -0.25) is 0 Å². The highest BCUT2D eigenvalue weighted by molar-refractivity contribution is 5.76. The van der Waals surface area contributed by atoms with E-state index in [2.05, 4.69) is 102 Å². The Hall–Kier alpha value is -6.00. The molecule has 0 amide bonds. The minimum absolute atomic E-state index is 0.965. The zero-order valence-corrected chi connectivity index (χ0v) is 23.0. The topological polar surface area (TPSA) is 0 Å². The maximum absolute atomic E-state index is 3.39. The highest BCUT2D eigenvalue weighted by atomic mass is 14.1. The summed E-state index contributed by atoms with van der Waals surface area (Å²) in [6, 6.07) is 53.6. The zero-order valence-electron chi connectivity index (χ0n) is 23.0. The first-order chi connectivity index (χ1) is 20.8. The van der Waals surface area contributed by atoms with Gasteiger partial charge in [-0.15, -0.1) is 0 Å². The van der Waals surface area contributed by atoms with Gasteiger partial charge in [0.2, 0.25) is 0 Å². The van der Waals surface area contributed by atoms with Crippen LogP contribution in [0.5, 0.6) is 0 Å². The second-order valence-corrected chi connectivity index (χ2v) is 9.80. The summed E-state index contributed by atoms with van der Waals surface area (Å²) in [5.74, 6) is 19.7. The Labute approximate surface area is 248 Å². The molecule has 42 heavy (non-hydrogen) atoms. The van der Waals surface area contributed by atoms with Crippen LogP contribution in [0.1, 0.15) is 33.4 Å². The molecule has 0 aliphatic heterocycles. The van der Waals surface area contributed by atoms with Crippen molar-refractivity contribution >= 4 is 0 Å². The van der Waals surface area contributed by atoms with E-state index < -0.39 is 0 Å². The van der Waals surface area contributed by atoms with Crippen molar-refractivity contribution in [1.29, 1.82) is 0 Å². The van der Waals surface area contributed by atoms with Crippen molar-refractivity contribution in [2.45, 2.75) is 0 Å². The van der Waals surface area contributed by atoms with Crippen molar-refractivity contribution < 1.29 is 0 Å². The van der Waals surface area contributed by atoms with Crippen LogP contribution in [-0.2, 0) is 0 Å². The number of hydrogen-bond acceptors (Lipinski definition) is 0. The molecule has 0 heteroatoms. The summed E-state index contributed by atoms with van der Waals surface area (Å²) in [6.07, 6.45) is 0. The van der Waals surface area contributed by atoms with Gasteiger partial charge >= 0.3 is 0 Å². The molecule has 0 aliphatic carbocycles. The second-order valence-electron chi connectivity index (χ2n) is 9.80. The Morgan fingerprint density at radius 1 is 0.214 bits per heavy atom. The van der Waals surface area contributed by atoms with Gasteiger partial charge in [0.25, 0.3) is 0 Å². The monoisotopic (exact) mass is 530 g/mol. The van der Waals surface area contributed by atoms with Gasteiger partial charge in [-0.2, -0.15) is 0 Å². The van der Waals surface area contributed by atoms with E-state index in [1.165, 1.54) is 0 Å². The Morgan fingerprint density at radius 2 is 0.500 bits per heavy atom. The van der Waals surface area contributed by atoms with Crippen LogP contribution in [0.15, 0.2) is 158 Å². The molecule has 0 bridgehead atoms.